The van der Waals surface area contributed by atoms with Crippen molar-refractivity contribution in [3.63, 3.8) is 0 Å². The van der Waals surface area contributed by atoms with Gasteiger partial charge in [-0.1, -0.05) is 55.0 Å². The monoisotopic (exact) mass is 582 g/mol. The number of hydrogen-bond donors (Lipinski definition) is 8. The van der Waals surface area contributed by atoms with E-state index in [4.69, 9.17) is 11.5 Å². The first-order chi connectivity index (χ1) is 19.7. The highest BCUT2D eigenvalue weighted by molar-refractivity contribution is 7.80. The Morgan fingerprint density at radius 2 is 1.46 bits per heavy atom. The number of aliphatic carboxylic acids is 1. The summed E-state index contributed by atoms with van der Waals surface area (Å²) < 4.78 is 0. The van der Waals surface area contributed by atoms with Crippen LogP contribution in [-0.4, -0.2) is 70.2 Å². The molecule has 1 heterocycles. The lowest BCUT2D eigenvalue weighted by molar-refractivity contribution is -0.142. The minimum atomic E-state index is -1.22. The zero-order valence-corrected chi connectivity index (χ0v) is 23.6. The molecule has 0 aliphatic rings. The molecule has 0 fully saturated rings. The number of thiol groups is 1. The number of benzene rings is 2. The molecule has 12 heteroatoms. The molecule has 3 aromatic rings. The molecule has 1 aromatic heterocycles. The third-order valence-corrected chi connectivity index (χ3v) is 7.12. The van der Waals surface area contributed by atoms with Crippen molar-refractivity contribution in [3.05, 3.63) is 71.9 Å². The molecule has 4 unspecified atom stereocenters. The van der Waals surface area contributed by atoms with Gasteiger partial charge in [-0.15, -0.1) is 0 Å². The van der Waals surface area contributed by atoms with Gasteiger partial charge < -0.3 is 37.5 Å². The second-order valence-electron chi connectivity index (χ2n) is 9.85. The van der Waals surface area contributed by atoms with E-state index in [-0.39, 0.29) is 18.6 Å². The van der Waals surface area contributed by atoms with Gasteiger partial charge in [-0.2, -0.15) is 12.6 Å². The molecular formula is C29H38N6O5S. The minimum Gasteiger partial charge on any atom is -0.480 e. The van der Waals surface area contributed by atoms with E-state index in [0.29, 0.717) is 19.4 Å². The number of carbonyl (C=O) groups is 4. The summed E-state index contributed by atoms with van der Waals surface area (Å²) in [7, 11) is 0. The van der Waals surface area contributed by atoms with E-state index >= 15 is 0 Å². The Kier molecular flexibility index (Phi) is 12.2. The molecular weight excluding hydrogens is 544 g/mol. The number of para-hydroxylation sites is 1. The fourth-order valence-electron chi connectivity index (χ4n) is 4.44. The van der Waals surface area contributed by atoms with E-state index in [9.17, 15) is 24.3 Å². The van der Waals surface area contributed by atoms with Crippen LogP contribution in [0.15, 0.2) is 60.8 Å². The average molecular weight is 583 g/mol. The molecule has 9 N–H and O–H groups in total. The SMILES string of the molecule is NCCCCC(N)C(=O)NC(CS)C(=O)NC(Cc1c[nH]c2ccccc12)C(=O)NC(Cc1ccccc1)C(=O)O. The summed E-state index contributed by atoms with van der Waals surface area (Å²) >= 11 is 4.22. The summed E-state index contributed by atoms with van der Waals surface area (Å²) in [4.78, 5) is 54.5. The lowest BCUT2D eigenvalue weighted by Gasteiger charge is -2.24. The molecule has 0 spiro atoms. The van der Waals surface area contributed by atoms with Crippen LogP contribution in [0.3, 0.4) is 0 Å². The van der Waals surface area contributed by atoms with Crippen molar-refractivity contribution in [2.45, 2.75) is 56.3 Å². The van der Waals surface area contributed by atoms with Gasteiger partial charge in [0, 0.05) is 35.7 Å². The molecule has 0 aliphatic carbocycles. The molecule has 4 atom stereocenters. The van der Waals surface area contributed by atoms with Crippen LogP contribution in [0.4, 0.5) is 0 Å². The number of nitrogens with two attached hydrogens (primary N) is 2. The van der Waals surface area contributed by atoms with Gasteiger partial charge in [-0.3, -0.25) is 14.4 Å². The number of unbranched alkanes of at least 4 members (excludes halogenated alkanes) is 1. The van der Waals surface area contributed by atoms with Gasteiger partial charge in [-0.25, -0.2) is 4.79 Å². The van der Waals surface area contributed by atoms with Crippen LogP contribution in [0.2, 0.25) is 0 Å². The molecule has 0 bridgehead atoms. The van der Waals surface area contributed by atoms with E-state index in [1.165, 1.54) is 0 Å². The number of nitrogens with one attached hydrogen (secondary N) is 4. The molecule has 0 saturated carbocycles. The van der Waals surface area contributed by atoms with Gasteiger partial charge in [0.2, 0.25) is 17.7 Å². The highest BCUT2D eigenvalue weighted by Gasteiger charge is 2.30. The molecule has 3 rings (SSSR count). The van der Waals surface area contributed by atoms with Crippen LogP contribution >= 0.6 is 12.6 Å². The second-order valence-corrected chi connectivity index (χ2v) is 10.2. The number of rotatable bonds is 16. The fraction of sp³-hybridized carbons (Fsp3) is 0.379. The Labute approximate surface area is 244 Å². The van der Waals surface area contributed by atoms with Crippen molar-refractivity contribution in [2.75, 3.05) is 12.3 Å². The van der Waals surface area contributed by atoms with Crippen LogP contribution < -0.4 is 27.4 Å². The number of hydrogen-bond acceptors (Lipinski definition) is 7. The summed E-state index contributed by atoms with van der Waals surface area (Å²) in [6.07, 6.45) is 3.69. The number of fused-ring (bicyclic) bond motifs is 1. The summed E-state index contributed by atoms with van der Waals surface area (Å²) in [5, 5.41) is 18.6. The Morgan fingerprint density at radius 3 is 2.15 bits per heavy atom. The van der Waals surface area contributed by atoms with Crippen LogP contribution in [0.1, 0.15) is 30.4 Å². The Morgan fingerprint density at radius 1 is 0.829 bits per heavy atom. The van der Waals surface area contributed by atoms with Crippen molar-refractivity contribution in [1.82, 2.24) is 20.9 Å². The van der Waals surface area contributed by atoms with E-state index in [1.807, 2.05) is 30.3 Å². The number of aromatic amines is 1. The lowest BCUT2D eigenvalue weighted by Crippen LogP contribution is -2.58. The normalized spacial score (nSPS) is 14.0. The summed E-state index contributed by atoms with van der Waals surface area (Å²) in [6.45, 7) is 0.490. The number of H-pyrrole nitrogens is 1. The maximum Gasteiger partial charge on any atom is 0.326 e. The number of carbonyl (C=O) groups excluding carboxylic acids is 3. The zero-order chi connectivity index (χ0) is 29.8. The number of aromatic nitrogens is 1. The van der Waals surface area contributed by atoms with Gasteiger partial charge in [0.25, 0.3) is 0 Å². The van der Waals surface area contributed by atoms with E-state index in [1.54, 1.807) is 30.5 Å². The van der Waals surface area contributed by atoms with E-state index in [0.717, 1.165) is 28.5 Å². The molecule has 11 nitrogen and oxygen atoms in total. The number of carboxylic acids is 1. The van der Waals surface area contributed by atoms with Gasteiger partial charge in [0.1, 0.15) is 18.1 Å². The first kappa shape index (κ1) is 31.7. The first-order valence-corrected chi connectivity index (χ1v) is 14.2. The zero-order valence-electron chi connectivity index (χ0n) is 22.7. The topological polar surface area (TPSA) is 192 Å². The van der Waals surface area contributed by atoms with Crippen LogP contribution in [-0.2, 0) is 32.0 Å². The first-order valence-electron chi connectivity index (χ1n) is 13.5. The summed E-state index contributed by atoms with van der Waals surface area (Å²) in [6, 6.07) is 12.2. The Bertz CT molecular complexity index is 1320. The lowest BCUT2D eigenvalue weighted by atomic mass is 10.0. The van der Waals surface area contributed by atoms with Gasteiger partial charge in [0.05, 0.1) is 6.04 Å². The smallest absolute Gasteiger partial charge is 0.326 e. The number of amides is 3. The third-order valence-electron chi connectivity index (χ3n) is 6.75. The molecule has 3 amide bonds. The van der Waals surface area contributed by atoms with Crippen molar-refractivity contribution in [2.24, 2.45) is 11.5 Å². The summed E-state index contributed by atoms with van der Waals surface area (Å²) in [5.41, 5.74) is 13.8. The Hall–Kier alpha value is -3.87. The van der Waals surface area contributed by atoms with Crippen LogP contribution in [0, 0.1) is 0 Å². The molecule has 41 heavy (non-hydrogen) atoms. The number of carboxylic acid groups (broad SMARTS) is 1. The molecule has 0 radical (unpaired) electrons. The van der Waals surface area contributed by atoms with Crippen molar-refractivity contribution in [1.29, 1.82) is 0 Å². The minimum absolute atomic E-state index is 0.0414. The molecule has 220 valence electrons. The largest absolute Gasteiger partial charge is 0.480 e. The van der Waals surface area contributed by atoms with E-state index in [2.05, 4.69) is 33.6 Å². The predicted octanol–water partition coefficient (Wildman–Crippen LogP) is 0.878. The third kappa shape index (κ3) is 9.34. The second kappa shape index (κ2) is 15.8. The highest BCUT2D eigenvalue weighted by atomic mass is 32.1. The average Bonchev–Trinajstić information content (AvgIpc) is 3.38. The van der Waals surface area contributed by atoms with Crippen LogP contribution in [0.25, 0.3) is 10.9 Å². The molecule has 0 saturated heterocycles. The quantitative estimate of drug-likeness (QED) is 0.0907. The maximum absolute atomic E-state index is 13.5. The van der Waals surface area contributed by atoms with E-state index < -0.39 is 47.9 Å². The van der Waals surface area contributed by atoms with Crippen molar-refractivity contribution < 1.29 is 24.3 Å². The predicted molar refractivity (Wildman–Crippen MR) is 160 cm³/mol. The van der Waals surface area contributed by atoms with Crippen molar-refractivity contribution >= 4 is 47.2 Å². The van der Waals surface area contributed by atoms with Gasteiger partial charge in [0.15, 0.2) is 0 Å². The fourth-order valence-corrected chi connectivity index (χ4v) is 4.69. The standard InChI is InChI=1S/C29H38N6O5S/c30-13-7-6-11-21(31)26(36)35-25(17-41)28(38)33-23(15-19-16-32-22-12-5-4-10-20(19)22)27(37)34-24(29(39)40)14-18-8-2-1-3-9-18/h1-5,8-10,12,16,21,23-25,32,41H,6-7,11,13-15,17,30-31H2,(H,33,38)(H,34,37)(H,35,36)(H,39,40). The Balaban J connectivity index is 1.78. The summed E-state index contributed by atoms with van der Waals surface area (Å²) in [5.74, 6) is -3.07. The van der Waals surface area contributed by atoms with Crippen molar-refractivity contribution in [3.8, 4) is 0 Å². The highest BCUT2D eigenvalue weighted by Crippen LogP contribution is 2.19. The molecule has 2 aromatic carbocycles. The maximum atomic E-state index is 13.5. The molecule has 0 aliphatic heterocycles. The van der Waals surface area contributed by atoms with Crippen LogP contribution in [0.5, 0.6) is 0 Å². The van der Waals surface area contributed by atoms with Gasteiger partial charge in [-0.05, 0) is 36.6 Å². The van der Waals surface area contributed by atoms with Gasteiger partial charge >= 0.3 is 5.97 Å².